The van der Waals surface area contributed by atoms with Gasteiger partial charge in [0.1, 0.15) is 18.4 Å². The molecule has 0 bridgehead atoms. The van der Waals surface area contributed by atoms with E-state index in [1.165, 1.54) is 4.74 Å². The first-order chi connectivity index (χ1) is 9.09. The van der Waals surface area contributed by atoms with Crippen LogP contribution in [-0.4, -0.2) is 10.1 Å². The minimum absolute atomic E-state index is 0.0129. The molecule has 0 aliphatic carbocycles. The van der Waals surface area contributed by atoms with Crippen LogP contribution in [0, 0.1) is 17.2 Å². The molecule has 0 fully saturated rings. The molecular weight excluding hydrogens is 315 g/mol. The van der Waals surface area contributed by atoms with E-state index in [4.69, 9.17) is 34.8 Å². The Morgan fingerprint density at radius 3 is 2.30 bits per heavy atom. The highest BCUT2D eigenvalue weighted by Crippen LogP contribution is 2.33. The first-order valence-electron chi connectivity index (χ1n) is 5.03. The number of halogens is 2. The molecule has 1 aromatic carbocycles. The quantitative estimate of drug-likeness (QED) is 0.553. The van der Waals surface area contributed by atoms with Crippen molar-refractivity contribution in [3.63, 3.8) is 0 Å². The Morgan fingerprint density at radius 1 is 1.30 bits per heavy atom. The molecule has 1 N–H and O–H groups in total. The van der Waals surface area contributed by atoms with E-state index in [-0.39, 0.29) is 10.8 Å². The summed E-state index contributed by atoms with van der Waals surface area (Å²) in [5.41, 5.74) is 0.492. The number of phenolic OH excluding ortho intramolecular Hbond substituents is 1. The Labute approximate surface area is 120 Å². The monoisotopic (exact) mass is 324 g/mol. The Kier molecular flexibility index (Phi) is 5.28. The average Bonchev–Trinajstić information content (AvgIpc) is 2.61. The lowest BCUT2D eigenvalue weighted by Gasteiger charge is -2.17. The van der Waals surface area contributed by atoms with E-state index in [0.717, 1.165) is 5.82 Å². The maximum absolute atomic E-state index is 9.71. The molecule has 10 heteroatoms. The molecule has 1 heterocycles. The van der Waals surface area contributed by atoms with Crippen LogP contribution in [-0.2, 0) is 7.05 Å². The molecular formula is C10H10Cl2N2O6. The van der Waals surface area contributed by atoms with E-state index in [1.54, 1.807) is 25.2 Å². The van der Waals surface area contributed by atoms with Gasteiger partial charge in [0.2, 0.25) is 0 Å². The van der Waals surface area contributed by atoms with Crippen molar-refractivity contribution in [1.29, 1.82) is 0 Å². The third kappa shape index (κ3) is 4.93. The van der Waals surface area contributed by atoms with Gasteiger partial charge < -0.3 is 5.11 Å². The molecule has 0 atom stereocenters. The molecule has 0 unspecified atom stereocenters. The molecule has 8 nitrogen and oxygen atoms in total. The Bertz CT molecular complexity index is 570. The van der Waals surface area contributed by atoms with Crippen molar-refractivity contribution in [2.45, 2.75) is 6.92 Å². The number of rotatable bonds is 1. The minimum Gasteiger partial charge on any atom is -0.505 e. The lowest BCUT2D eigenvalue weighted by atomic mass is 10.2. The lowest BCUT2D eigenvalue weighted by molar-refractivity contribution is -2.00. The van der Waals surface area contributed by atoms with Gasteiger partial charge in [0.25, 0.3) is 0 Å². The second-order valence-electron chi connectivity index (χ2n) is 3.57. The van der Waals surface area contributed by atoms with Crippen molar-refractivity contribution in [2.75, 3.05) is 0 Å². The third-order valence-electron chi connectivity index (χ3n) is 2.16. The van der Waals surface area contributed by atoms with Crippen molar-refractivity contribution in [2.24, 2.45) is 7.05 Å². The number of phenols is 1. The number of nitrogens with zero attached hydrogens (tertiary/aromatic N) is 2. The zero-order valence-electron chi connectivity index (χ0n) is 10.4. The van der Waals surface area contributed by atoms with Crippen LogP contribution >= 0.6 is 11.6 Å². The molecule has 2 rings (SSSR count). The maximum Gasteiger partial charge on any atom is 0.388 e. The summed E-state index contributed by atoms with van der Waals surface area (Å²) < 4.78 is 40.8. The SMILES string of the molecule is Cc1nc(-c2cccc(Cl)c2O)o[n+]1C.[O-][Cl+3]([O-])([O-])[O-]. The van der Waals surface area contributed by atoms with Gasteiger partial charge in [-0.3, -0.25) is 4.52 Å². The molecule has 0 amide bonds. The van der Waals surface area contributed by atoms with Gasteiger partial charge in [0, 0.05) is 11.9 Å². The zero-order chi connectivity index (χ0) is 15.5. The second kappa shape index (κ2) is 6.35. The van der Waals surface area contributed by atoms with E-state index in [9.17, 15) is 5.11 Å². The number of aromatic nitrogens is 2. The molecule has 0 saturated heterocycles. The molecule has 2 aromatic rings. The van der Waals surface area contributed by atoms with Crippen LogP contribution < -0.4 is 23.4 Å². The lowest BCUT2D eigenvalue weighted by Crippen LogP contribution is -2.68. The number of aromatic hydroxyl groups is 1. The van der Waals surface area contributed by atoms with E-state index < -0.39 is 10.2 Å². The topological polar surface area (TPSA) is 142 Å². The number of hydrogen-bond donors (Lipinski definition) is 1. The van der Waals surface area contributed by atoms with Gasteiger partial charge in [-0.15, -0.1) is 10.2 Å². The van der Waals surface area contributed by atoms with Crippen LogP contribution in [0.2, 0.25) is 5.02 Å². The number of para-hydroxylation sites is 1. The van der Waals surface area contributed by atoms with Crippen molar-refractivity contribution < 1.29 is 43.2 Å². The summed E-state index contributed by atoms with van der Waals surface area (Å²) in [6, 6.07) is 5.04. The molecule has 0 aliphatic heterocycles. The fourth-order valence-corrected chi connectivity index (χ4v) is 1.41. The predicted molar refractivity (Wildman–Crippen MR) is 54.5 cm³/mol. The second-order valence-corrected chi connectivity index (χ2v) is 4.73. The predicted octanol–water partition coefficient (Wildman–Crippen LogP) is -2.92. The van der Waals surface area contributed by atoms with Crippen molar-refractivity contribution in [3.05, 3.63) is 29.0 Å². The van der Waals surface area contributed by atoms with Crippen LogP contribution in [0.15, 0.2) is 22.7 Å². The Balaban J connectivity index is 0.000000347. The molecule has 0 spiro atoms. The summed E-state index contributed by atoms with van der Waals surface area (Å²) in [5.74, 6) is 1.07. The van der Waals surface area contributed by atoms with Crippen LogP contribution in [0.1, 0.15) is 5.82 Å². The van der Waals surface area contributed by atoms with Crippen molar-refractivity contribution in [3.8, 4) is 17.2 Å². The summed E-state index contributed by atoms with van der Waals surface area (Å²) in [7, 11) is -3.20. The largest absolute Gasteiger partial charge is 0.505 e. The van der Waals surface area contributed by atoms with Gasteiger partial charge >= 0.3 is 11.7 Å². The molecule has 0 radical (unpaired) electrons. The molecule has 20 heavy (non-hydrogen) atoms. The van der Waals surface area contributed by atoms with Gasteiger partial charge in [-0.05, 0) is 12.1 Å². The molecule has 1 aromatic heterocycles. The summed E-state index contributed by atoms with van der Waals surface area (Å²) >= 11 is 5.78. The number of aryl methyl sites for hydroxylation is 2. The number of benzene rings is 1. The maximum atomic E-state index is 9.71. The molecule has 0 saturated carbocycles. The zero-order valence-corrected chi connectivity index (χ0v) is 11.9. The fourth-order valence-electron chi connectivity index (χ4n) is 1.23. The standard InChI is InChI=1S/C10H9ClN2O2.ClHO4/c1-6-12-10(15-13(6)2)7-4-3-5-8(11)9(7)14;2-1(3,4)5/h3-5H,1-2H3;(H,2,3,4,5). The minimum atomic E-state index is -4.94. The van der Waals surface area contributed by atoms with Crippen molar-refractivity contribution >= 4 is 11.6 Å². The first-order valence-corrected chi connectivity index (χ1v) is 6.64. The summed E-state index contributed by atoms with van der Waals surface area (Å²) in [6.45, 7) is 1.81. The van der Waals surface area contributed by atoms with Crippen molar-refractivity contribution in [1.82, 2.24) is 4.98 Å². The van der Waals surface area contributed by atoms with E-state index in [0.29, 0.717) is 11.5 Å². The fraction of sp³-hybridized carbons (Fsp3) is 0.200. The van der Waals surface area contributed by atoms with Gasteiger partial charge in [-0.1, -0.05) is 22.4 Å². The van der Waals surface area contributed by atoms with Gasteiger partial charge in [0.15, 0.2) is 0 Å². The highest BCUT2D eigenvalue weighted by Gasteiger charge is 2.21. The average molecular weight is 325 g/mol. The summed E-state index contributed by atoms with van der Waals surface area (Å²) in [5, 5.41) is 9.99. The summed E-state index contributed by atoms with van der Waals surface area (Å²) in [4.78, 5) is 4.16. The molecule has 0 aliphatic rings. The van der Waals surface area contributed by atoms with Crippen LogP contribution in [0.25, 0.3) is 11.5 Å². The Morgan fingerprint density at radius 2 is 1.85 bits per heavy atom. The van der Waals surface area contributed by atoms with Gasteiger partial charge in [0.05, 0.1) is 5.02 Å². The smallest absolute Gasteiger partial charge is 0.388 e. The highest BCUT2D eigenvalue weighted by molar-refractivity contribution is 6.32. The van der Waals surface area contributed by atoms with Crippen LogP contribution in [0.4, 0.5) is 0 Å². The third-order valence-corrected chi connectivity index (χ3v) is 2.46. The number of hydrogen-bond acceptors (Lipinski definition) is 7. The normalized spacial score (nSPS) is 10.9. The Hall–Kier alpha value is -1.42. The van der Waals surface area contributed by atoms with Gasteiger partial charge in [-0.2, -0.15) is 0 Å². The van der Waals surface area contributed by atoms with E-state index >= 15 is 0 Å². The van der Waals surface area contributed by atoms with E-state index in [1.807, 2.05) is 6.92 Å². The summed E-state index contributed by atoms with van der Waals surface area (Å²) in [6.07, 6.45) is 0. The molecule has 110 valence electrons. The highest BCUT2D eigenvalue weighted by atomic mass is 35.7. The van der Waals surface area contributed by atoms with E-state index in [2.05, 4.69) is 4.98 Å². The first kappa shape index (κ1) is 16.6. The van der Waals surface area contributed by atoms with Gasteiger partial charge in [-0.25, -0.2) is 18.6 Å². The van der Waals surface area contributed by atoms with Crippen LogP contribution in [0.3, 0.4) is 0 Å². The van der Waals surface area contributed by atoms with Crippen LogP contribution in [0.5, 0.6) is 5.75 Å².